The second-order valence-corrected chi connectivity index (χ2v) is 4.50. The average molecular weight is 222 g/mol. The summed E-state index contributed by atoms with van der Waals surface area (Å²) in [6.07, 6.45) is 1.04. The molecule has 1 aliphatic rings. The van der Waals surface area contributed by atoms with Crippen molar-refractivity contribution in [3.05, 3.63) is 29.8 Å². The molecule has 3 nitrogen and oxygen atoms in total. The van der Waals surface area contributed by atoms with E-state index in [9.17, 15) is 0 Å². The van der Waals surface area contributed by atoms with Crippen molar-refractivity contribution in [3.8, 4) is 5.75 Å². The van der Waals surface area contributed by atoms with E-state index in [2.05, 4.69) is 12.1 Å². The molecule has 3 heteroatoms. The molecule has 0 bridgehead atoms. The minimum Gasteiger partial charge on any atom is -0.497 e. The number of rotatable bonds is 3. The van der Waals surface area contributed by atoms with E-state index >= 15 is 0 Å². The van der Waals surface area contributed by atoms with Gasteiger partial charge in [0.05, 0.1) is 19.8 Å². The lowest BCUT2D eigenvalue weighted by atomic mass is 10.1. The first-order valence-corrected chi connectivity index (χ1v) is 5.54. The molecule has 1 heterocycles. The summed E-state index contributed by atoms with van der Waals surface area (Å²) in [5.74, 6) is 0.449. The zero-order chi connectivity index (χ0) is 11.6. The Balaban J connectivity index is 1.94. The Labute approximate surface area is 96.3 Å². The lowest BCUT2D eigenvalue weighted by Crippen LogP contribution is -2.22. The van der Waals surface area contributed by atoms with Gasteiger partial charge in [-0.1, -0.05) is 12.1 Å². The molecule has 0 amide bonds. The lowest BCUT2D eigenvalue weighted by molar-refractivity contribution is -0.138. The maximum absolute atomic E-state index is 5.76. The summed E-state index contributed by atoms with van der Waals surface area (Å²) in [5, 5.41) is 0. The molecular formula is C13H18O3. The van der Waals surface area contributed by atoms with Crippen molar-refractivity contribution in [1.82, 2.24) is 0 Å². The molecular weight excluding hydrogens is 204 g/mol. The van der Waals surface area contributed by atoms with E-state index < -0.39 is 5.79 Å². The van der Waals surface area contributed by atoms with E-state index in [-0.39, 0.29) is 6.10 Å². The Morgan fingerprint density at radius 2 is 2.00 bits per heavy atom. The highest BCUT2D eigenvalue weighted by atomic mass is 16.7. The van der Waals surface area contributed by atoms with Crippen molar-refractivity contribution in [2.75, 3.05) is 13.7 Å². The number of methoxy groups -OCH3 is 1. The summed E-state index contributed by atoms with van der Waals surface area (Å²) in [7, 11) is 1.67. The van der Waals surface area contributed by atoms with Gasteiger partial charge in [-0.2, -0.15) is 0 Å². The fraction of sp³-hybridized carbons (Fsp3) is 0.538. The zero-order valence-electron chi connectivity index (χ0n) is 10.0. The smallest absolute Gasteiger partial charge is 0.163 e. The van der Waals surface area contributed by atoms with Gasteiger partial charge in [0, 0.05) is 6.42 Å². The van der Waals surface area contributed by atoms with Gasteiger partial charge in [0.2, 0.25) is 0 Å². The molecule has 0 N–H and O–H groups in total. The van der Waals surface area contributed by atoms with Crippen molar-refractivity contribution in [3.63, 3.8) is 0 Å². The molecule has 88 valence electrons. The quantitative estimate of drug-likeness (QED) is 0.786. The number of benzene rings is 1. The van der Waals surface area contributed by atoms with Crippen LogP contribution in [-0.2, 0) is 15.9 Å². The third-order valence-corrected chi connectivity index (χ3v) is 2.69. The molecule has 1 aromatic carbocycles. The van der Waals surface area contributed by atoms with Crippen molar-refractivity contribution in [2.45, 2.75) is 32.2 Å². The molecule has 1 saturated heterocycles. The predicted molar refractivity (Wildman–Crippen MR) is 61.6 cm³/mol. The minimum atomic E-state index is -0.433. The molecule has 0 aliphatic carbocycles. The van der Waals surface area contributed by atoms with Gasteiger partial charge in [-0.05, 0) is 31.5 Å². The maximum Gasteiger partial charge on any atom is 0.163 e. The summed E-state index contributed by atoms with van der Waals surface area (Å²) >= 11 is 0. The van der Waals surface area contributed by atoms with Crippen LogP contribution in [0.3, 0.4) is 0 Å². The molecule has 1 atom stereocenters. The summed E-state index contributed by atoms with van der Waals surface area (Å²) in [6, 6.07) is 8.06. The maximum atomic E-state index is 5.76. The van der Waals surface area contributed by atoms with E-state index in [0.29, 0.717) is 6.61 Å². The molecule has 1 unspecified atom stereocenters. The van der Waals surface area contributed by atoms with Crippen LogP contribution < -0.4 is 4.74 Å². The first kappa shape index (κ1) is 11.4. The van der Waals surface area contributed by atoms with Crippen LogP contribution in [0.1, 0.15) is 19.4 Å². The van der Waals surface area contributed by atoms with E-state index in [1.54, 1.807) is 7.11 Å². The molecule has 0 saturated carbocycles. The fourth-order valence-electron chi connectivity index (χ4n) is 1.89. The highest BCUT2D eigenvalue weighted by Crippen LogP contribution is 2.25. The van der Waals surface area contributed by atoms with Crippen LogP contribution in [-0.4, -0.2) is 25.6 Å². The van der Waals surface area contributed by atoms with Crippen molar-refractivity contribution in [2.24, 2.45) is 0 Å². The van der Waals surface area contributed by atoms with Crippen molar-refractivity contribution >= 4 is 0 Å². The normalized spacial score (nSPS) is 23.3. The second-order valence-electron chi connectivity index (χ2n) is 4.50. The topological polar surface area (TPSA) is 27.7 Å². The Kier molecular flexibility index (Phi) is 3.17. The van der Waals surface area contributed by atoms with Crippen LogP contribution in [0, 0.1) is 0 Å². The average Bonchev–Trinajstić information content (AvgIpc) is 2.59. The molecule has 0 spiro atoms. The Morgan fingerprint density at radius 3 is 2.50 bits per heavy atom. The largest absolute Gasteiger partial charge is 0.497 e. The molecule has 16 heavy (non-hydrogen) atoms. The summed E-state index contributed by atoms with van der Waals surface area (Å²) < 4.78 is 16.4. The molecule has 0 aromatic heterocycles. The van der Waals surface area contributed by atoms with Gasteiger partial charge in [-0.15, -0.1) is 0 Å². The van der Waals surface area contributed by atoms with E-state index in [1.165, 1.54) is 5.56 Å². The van der Waals surface area contributed by atoms with Gasteiger partial charge in [-0.25, -0.2) is 0 Å². The SMILES string of the molecule is COc1ccc(CC2COC(C)(C)O2)cc1. The second kappa shape index (κ2) is 4.44. The Morgan fingerprint density at radius 1 is 1.31 bits per heavy atom. The highest BCUT2D eigenvalue weighted by Gasteiger charge is 2.32. The van der Waals surface area contributed by atoms with Crippen LogP contribution in [0.2, 0.25) is 0 Å². The van der Waals surface area contributed by atoms with Crippen molar-refractivity contribution < 1.29 is 14.2 Å². The number of hydrogen-bond acceptors (Lipinski definition) is 3. The molecule has 0 radical (unpaired) electrons. The summed E-state index contributed by atoms with van der Waals surface area (Å²) in [4.78, 5) is 0. The standard InChI is InChI=1S/C13H18O3/c1-13(2)15-9-12(16-13)8-10-4-6-11(14-3)7-5-10/h4-7,12H,8-9H2,1-3H3. The van der Waals surface area contributed by atoms with Gasteiger partial charge in [-0.3, -0.25) is 0 Å². The Bertz CT molecular complexity index is 343. The first-order valence-electron chi connectivity index (χ1n) is 5.54. The molecule has 2 rings (SSSR count). The van der Waals surface area contributed by atoms with Crippen LogP contribution in [0.15, 0.2) is 24.3 Å². The lowest BCUT2D eigenvalue weighted by Gasteiger charge is -2.17. The van der Waals surface area contributed by atoms with Crippen LogP contribution >= 0.6 is 0 Å². The predicted octanol–water partition coefficient (Wildman–Crippen LogP) is 2.39. The number of ether oxygens (including phenoxy) is 3. The summed E-state index contributed by atoms with van der Waals surface area (Å²) in [5.41, 5.74) is 1.24. The van der Waals surface area contributed by atoms with Crippen LogP contribution in [0.4, 0.5) is 0 Å². The molecule has 1 aromatic rings. The van der Waals surface area contributed by atoms with E-state index in [0.717, 1.165) is 12.2 Å². The first-order chi connectivity index (χ1) is 7.59. The zero-order valence-corrected chi connectivity index (χ0v) is 10.0. The third kappa shape index (κ3) is 2.74. The third-order valence-electron chi connectivity index (χ3n) is 2.69. The number of hydrogen-bond donors (Lipinski definition) is 0. The van der Waals surface area contributed by atoms with Gasteiger partial charge >= 0.3 is 0 Å². The monoisotopic (exact) mass is 222 g/mol. The van der Waals surface area contributed by atoms with Crippen LogP contribution in [0.25, 0.3) is 0 Å². The van der Waals surface area contributed by atoms with Gasteiger partial charge in [0.1, 0.15) is 5.75 Å². The summed E-state index contributed by atoms with van der Waals surface area (Å²) in [6.45, 7) is 4.56. The Hall–Kier alpha value is -1.06. The fourth-order valence-corrected chi connectivity index (χ4v) is 1.89. The highest BCUT2D eigenvalue weighted by molar-refractivity contribution is 5.27. The van der Waals surface area contributed by atoms with E-state index in [1.807, 2.05) is 26.0 Å². The van der Waals surface area contributed by atoms with Crippen LogP contribution in [0.5, 0.6) is 5.75 Å². The molecule has 1 fully saturated rings. The van der Waals surface area contributed by atoms with Gasteiger partial charge < -0.3 is 14.2 Å². The van der Waals surface area contributed by atoms with Crippen molar-refractivity contribution in [1.29, 1.82) is 0 Å². The van der Waals surface area contributed by atoms with E-state index in [4.69, 9.17) is 14.2 Å². The molecule has 1 aliphatic heterocycles. The van der Waals surface area contributed by atoms with Gasteiger partial charge in [0.25, 0.3) is 0 Å². The minimum absolute atomic E-state index is 0.156. The van der Waals surface area contributed by atoms with Gasteiger partial charge in [0.15, 0.2) is 5.79 Å².